The largest absolute Gasteiger partial charge is 0.468 e. The number of methoxy groups -OCH3 is 1. The highest BCUT2D eigenvalue weighted by atomic mass is 19.4. The Morgan fingerprint density at radius 3 is 2.45 bits per heavy atom. The molecule has 0 radical (unpaired) electrons. The van der Waals surface area contributed by atoms with Crippen LogP contribution in [0.1, 0.15) is 5.56 Å². The van der Waals surface area contributed by atoms with Crippen LogP contribution in [0.25, 0.3) is 11.3 Å². The van der Waals surface area contributed by atoms with E-state index in [-0.39, 0.29) is 5.69 Å². The zero-order valence-electron chi connectivity index (χ0n) is 11.4. The molecule has 0 saturated heterocycles. The highest BCUT2D eigenvalue weighted by Crippen LogP contribution is 2.28. The molecule has 8 heteroatoms. The SMILES string of the molecule is COC(=O)Cn1nc(-c2ccccc2)cc(C(F)(F)F)c1=O. The summed E-state index contributed by atoms with van der Waals surface area (Å²) in [5.74, 6) is -0.868. The van der Waals surface area contributed by atoms with E-state index in [4.69, 9.17) is 0 Å². The van der Waals surface area contributed by atoms with Crippen LogP contribution in [-0.4, -0.2) is 22.9 Å². The molecule has 0 spiro atoms. The van der Waals surface area contributed by atoms with Crippen LogP contribution in [-0.2, 0) is 22.3 Å². The monoisotopic (exact) mass is 312 g/mol. The number of esters is 1. The van der Waals surface area contributed by atoms with Gasteiger partial charge in [0.15, 0.2) is 0 Å². The molecule has 0 aliphatic rings. The summed E-state index contributed by atoms with van der Waals surface area (Å²) in [5.41, 5.74) is -2.44. The summed E-state index contributed by atoms with van der Waals surface area (Å²) < 4.78 is 43.8. The molecule has 1 aromatic carbocycles. The molecule has 0 aliphatic heterocycles. The van der Waals surface area contributed by atoms with Crippen LogP contribution in [0.4, 0.5) is 13.2 Å². The number of ether oxygens (including phenoxy) is 1. The third kappa shape index (κ3) is 3.33. The fourth-order valence-electron chi connectivity index (χ4n) is 1.79. The van der Waals surface area contributed by atoms with Gasteiger partial charge in [0, 0.05) is 5.56 Å². The van der Waals surface area contributed by atoms with Crippen molar-refractivity contribution in [3.63, 3.8) is 0 Å². The first-order chi connectivity index (χ1) is 10.3. The van der Waals surface area contributed by atoms with Crippen molar-refractivity contribution in [2.24, 2.45) is 0 Å². The summed E-state index contributed by atoms with van der Waals surface area (Å²) in [6.45, 7) is -0.695. The predicted molar refractivity (Wildman–Crippen MR) is 71.0 cm³/mol. The summed E-state index contributed by atoms with van der Waals surface area (Å²) in [7, 11) is 1.07. The third-order valence-corrected chi connectivity index (χ3v) is 2.86. The second-order valence-electron chi connectivity index (χ2n) is 4.35. The summed E-state index contributed by atoms with van der Waals surface area (Å²) in [6, 6.07) is 8.72. The molecule has 2 aromatic rings. The van der Waals surface area contributed by atoms with Crippen LogP contribution in [0.2, 0.25) is 0 Å². The fourth-order valence-corrected chi connectivity index (χ4v) is 1.79. The number of alkyl halides is 3. The second kappa shape index (κ2) is 6.00. The number of hydrogen-bond donors (Lipinski definition) is 0. The predicted octanol–water partition coefficient (Wildman–Crippen LogP) is 2.10. The molecule has 0 atom stereocenters. The summed E-state index contributed by atoms with van der Waals surface area (Å²) in [6.07, 6.45) is -4.85. The molecule has 0 N–H and O–H groups in total. The van der Waals surface area contributed by atoms with Crippen LogP contribution in [0.3, 0.4) is 0 Å². The lowest BCUT2D eigenvalue weighted by Gasteiger charge is -2.12. The molecule has 2 rings (SSSR count). The quantitative estimate of drug-likeness (QED) is 0.814. The smallest absolute Gasteiger partial charge is 0.421 e. The Morgan fingerprint density at radius 1 is 1.27 bits per heavy atom. The molecule has 0 aliphatic carbocycles. The molecule has 0 bridgehead atoms. The van der Waals surface area contributed by atoms with E-state index in [0.717, 1.165) is 7.11 Å². The minimum absolute atomic E-state index is 0.0589. The molecular formula is C14H11F3N2O3. The molecular weight excluding hydrogens is 301 g/mol. The summed E-state index contributed by atoms with van der Waals surface area (Å²) in [4.78, 5) is 23.1. The van der Waals surface area contributed by atoms with Gasteiger partial charge in [-0.1, -0.05) is 30.3 Å². The zero-order chi connectivity index (χ0) is 16.3. The Bertz CT molecular complexity index is 739. The Labute approximate surface area is 122 Å². The standard InChI is InChI=1S/C14H11F3N2O3/c1-22-12(20)8-19-13(21)10(14(15,16)17)7-11(18-19)9-5-3-2-4-6-9/h2-7H,8H2,1H3. The van der Waals surface area contributed by atoms with Crippen molar-refractivity contribution in [1.29, 1.82) is 0 Å². The molecule has 0 amide bonds. The average molecular weight is 312 g/mol. The molecule has 5 nitrogen and oxygen atoms in total. The minimum Gasteiger partial charge on any atom is -0.468 e. The lowest BCUT2D eigenvalue weighted by Crippen LogP contribution is -2.33. The van der Waals surface area contributed by atoms with Crippen molar-refractivity contribution in [2.75, 3.05) is 7.11 Å². The molecule has 0 saturated carbocycles. The van der Waals surface area contributed by atoms with Crippen LogP contribution in [0.15, 0.2) is 41.2 Å². The van der Waals surface area contributed by atoms with Crippen molar-refractivity contribution in [3.8, 4) is 11.3 Å². The van der Waals surface area contributed by atoms with Gasteiger partial charge in [0.1, 0.15) is 12.1 Å². The van der Waals surface area contributed by atoms with E-state index in [0.29, 0.717) is 16.3 Å². The molecule has 22 heavy (non-hydrogen) atoms. The number of nitrogens with zero attached hydrogens (tertiary/aromatic N) is 2. The van der Waals surface area contributed by atoms with E-state index in [2.05, 4.69) is 9.84 Å². The third-order valence-electron chi connectivity index (χ3n) is 2.86. The van der Waals surface area contributed by atoms with Gasteiger partial charge in [0.05, 0.1) is 12.8 Å². The molecule has 1 heterocycles. The normalized spacial score (nSPS) is 11.3. The second-order valence-corrected chi connectivity index (χ2v) is 4.35. The Kier molecular flexibility index (Phi) is 4.30. The Morgan fingerprint density at radius 2 is 1.91 bits per heavy atom. The van der Waals surface area contributed by atoms with E-state index >= 15 is 0 Å². The zero-order valence-corrected chi connectivity index (χ0v) is 11.4. The van der Waals surface area contributed by atoms with E-state index in [9.17, 15) is 22.8 Å². The number of rotatable bonds is 3. The maximum Gasteiger partial charge on any atom is 0.421 e. The van der Waals surface area contributed by atoms with E-state index < -0.39 is 29.8 Å². The fraction of sp³-hybridized carbons (Fsp3) is 0.214. The first-order valence-electron chi connectivity index (χ1n) is 6.14. The van der Waals surface area contributed by atoms with Gasteiger partial charge in [-0.3, -0.25) is 9.59 Å². The maximum absolute atomic E-state index is 13.0. The highest BCUT2D eigenvalue weighted by Gasteiger charge is 2.35. The van der Waals surface area contributed by atoms with Crippen molar-refractivity contribution < 1.29 is 22.7 Å². The first-order valence-corrected chi connectivity index (χ1v) is 6.14. The topological polar surface area (TPSA) is 61.2 Å². The summed E-state index contributed by atoms with van der Waals surface area (Å²) in [5, 5.41) is 3.81. The van der Waals surface area contributed by atoms with Crippen molar-refractivity contribution in [2.45, 2.75) is 12.7 Å². The number of benzene rings is 1. The van der Waals surface area contributed by atoms with Crippen molar-refractivity contribution in [1.82, 2.24) is 9.78 Å². The lowest BCUT2D eigenvalue weighted by molar-refractivity contribution is -0.143. The van der Waals surface area contributed by atoms with E-state index in [1.165, 1.54) is 0 Å². The molecule has 1 aromatic heterocycles. The first kappa shape index (κ1) is 15.7. The van der Waals surface area contributed by atoms with Gasteiger partial charge in [-0.05, 0) is 6.07 Å². The number of carbonyl (C=O) groups is 1. The van der Waals surface area contributed by atoms with Gasteiger partial charge < -0.3 is 4.74 Å². The van der Waals surface area contributed by atoms with Crippen LogP contribution < -0.4 is 5.56 Å². The number of carbonyl (C=O) groups excluding carboxylic acids is 1. The average Bonchev–Trinajstić information content (AvgIpc) is 2.48. The van der Waals surface area contributed by atoms with E-state index in [1.54, 1.807) is 30.3 Å². The van der Waals surface area contributed by atoms with Gasteiger partial charge in [-0.15, -0.1) is 0 Å². The molecule has 0 fully saturated rings. The minimum atomic E-state index is -4.85. The van der Waals surface area contributed by atoms with Crippen molar-refractivity contribution >= 4 is 5.97 Å². The Balaban J connectivity index is 2.64. The van der Waals surface area contributed by atoms with Gasteiger partial charge in [0.25, 0.3) is 5.56 Å². The van der Waals surface area contributed by atoms with Crippen LogP contribution >= 0.6 is 0 Å². The number of halogens is 3. The Hall–Kier alpha value is -2.64. The van der Waals surface area contributed by atoms with Crippen LogP contribution in [0, 0.1) is 0 Å². The maximum atomic E-state index is 13.0. The summed E-state index contributed by atoms with van der Waals surface area (Å²) >= 11 is 0. The van der Waals surface area contributed by atoms with Gasteiger partial charge in [-0.25, -0.2) is 4.68 Å². The molecule has 0 unspecified atom stereocenters. The van der Waals surface area contributed by atoms with Gasteiger partial charge in [-0.2, -0.15) is 18.3 Å². The van der Waals surface area contributed by atoms with Crippen molar-refractivity contribution in [3.05, 3.63) is 52.3 Å². The molecule has 116 valence electrons. The van der Waals surface area contributed by atoms with E-state index in [1.807, 2.05) is 0 Å². The number of hydrogen-bond acceptors (Lipinski definition) is 4. The lowest BCUT2D eigenvalue weighted by atomic mass is 10.1. The van der Waals surface area contributed by atoms with Crippen LogP contribution in [0.5, 0.6) is 0 Å². The highest BCUT2D eigenvalue weighted by molar-refractivity contribution is 5.69. The van der Waals surface area contributed by atoms with Gasteiger partial charge >= 0.3 is 12.1 Å². The van der Waals surface area contributed by atoms with Gasteiger partial charge in [0.2, 0.25) is 0 Å². The number of aromatic nitrogens is 2.